The second-order valence-corrected chi connectivity index (χ2v) is 9.27. The van der Waals surface area contributed by atoms with Crippen molar-refractivity contribution in [3.63, 3.8) is 0 Å². The molecule has 0 unspecified atom stereocenters. The van der Waals surface area contributed by atoms with Crippen LogP contribution in [0.15, 0.2) is 23.3 Å². The summed E-state index contributed by atoms with van der Waals surface area (Å²) in [6.45, 7) is 7.50. The zero-order valence-corrected chi connectivity index (χ0v) is 15.2. The van der Waals surface area contributed by atoms with E-state index in [0.29, 0.717) is 11.5 Å². The van der Waals surface area contributed by atoms with Crippen LogP contribution in [0, 0.1) is 34.5 Å². The molecule has 5 nitrogen and oxygen atoms in total. The van der Waals surface area contributed by atoms with Crippen molar-refractivity contribution in [2.24, 2.45) is 34.5 Å². The highest BCUT2D eigenvalue weighted by Gasteiger charge is 2.75. The third-order valence-corrected chi connectivity index (χ3v) is 7.93. The molecule has 4 N–H and O–H groups in total. The van der Waals surface area contributed by atoms with Crippen LogP contribution in [0.3, 0.4) is 0 Å². The minimum Gasteiger partial charge on any atom is -0.392 e. The van der Waals surface area contributed by atoms with E-state index in [4.69, 9.17) is 0 Å². The Morgan fingerprint density at radius 3 is 2.48 bits per heavy atom. The molecular weight excluding hydrogens is 320 g/mol. The van der Waals surface area contributed by atoms with E-state index in [9.17, 15) is 25.2 Å². The van der Waals surface area contributed by atoms with Crippen LogP contribution in [0.5, 0.6) is 0 Å². The number of carbonyl (C=O) groups is 1. The number of hydrogen-bond donors (Lipinski definition) is 4. The summed E-state index contributed by atoms with van der Waals surface area (Å²) in [7, 11) is 0. The van der Waals surface area contributed by atoms with Crippen molar-refractivity contribution >= 4 is 5.78 Å². The third-order valence-electron chi connectivity index (χ3n) is 7.93. The first-order valence-corrected chi connectivity index (χ1v) is 9.18. The molecule has 0 aromatic heterocycles. The molecule has 138 valence electrons. The number of hydrogen-bond acceptors (Lipinski definition) is 5. The number of allylic oxidation sites excluding steroid dienone is 1. The summed E-state index contributed by atoms with van der Waals surface area (Å²) in [5, 5.41) is 43.0. The van der Waals surface area contributed by atoms with Crippen LogP contribution in [0.1, 0.15) is 34.1 Å². The highest BCUT2D eigenvalue weighted by atomic mass is 16.4. The smallest absolute Gasteiger partial charge is 0.153 e. The van der Waals surface area contributed by atoms with Crippen LogP contribution in [-0.4, -0.2) is 50.6 Å². The largest absolute Gasteiger partial charge is 0.392 e. The monoisotopic (exact) mass is 348 g/mol. The summed E-state index contributed by atoms with van der Waals surface area (Å²) in [5.41, 5.74) is -2.58. The summed E-state index contributed by atoms with van der Waals surface area (Å²) < 4.78 is 0. The van der Waals surface area contributed by atoms with Crippen molar-refractivity contribution in [2.75, 3.05) is 6.61 Å². The van der Waals surface area contributed by atoms with Crippen LogP contribution in [0.25, 0.3) is 0 Å². The molecule has 0 aromatic rings. The number of ketones is 1. The molecule has 4 aliphatic carbocycles. The highest BCUT2D eigenvalue weighted by Crippen LogP contribution is 2.71. The molecule has 5 heteroatoms. The van der Waals surface area contributed by atoms with E-state index in [1.54, 1.807) is 19.1 Å². The SMILES string of the molecule is CC1=C[C@]23C(=O)[C@H](C=C(CO)[C@@H](O)[C@]2(O)[C@H]1O)[C@H]1[C@@H](C[C@H]3C)C1(C)C. The quantitative estimate of drug-likeness (QED) is 0.526. The van der Waals surface area contributed by atoms with Crippen molar-refractivity contribution < 1.29 is 25.2 Å². The zero-order valence-electron chi connectivity index (χ0n) is 15.2. The first-order valence-electron chi connectivity index (χ1n) is 9.18. The molecule has 4 rings (SSSR count). The molecule has 1 spiro atoms. The molecule has 0 amide bonds. The van der Waals surface area contributed by atoms with Crippen molar-refractivity contribution in [2.45, 2.75) is 51.9 Å². The lowest BCUT2D eigenvalue weighted by atomic mass is 9.59. The molecule has 0 heterocycles. The minimum atomic E-state index is -2.03. The fraction of sp³-hybridized carbons (Fsp3) is 0.750. The van der Waals surface area contributed by atoms with Crippen LogP contribution in [0.2, 0.25) is 0 Å². The average molecular weight is 348 g/mol. The maximum Gasteiger partial charge on any atom is 0.153 e. The Labute approximate surface area is 148 Å². The fourth-order valence-electron chi connectivity index (χ4n) is 6.43. The van der Waals surface area contributed by atoms with E-state index in [1.165, 1.54) is 0 Å². The van der Waals surface area contributed by atoms with Crippen LogP contribution in [-0.2, 0) is 4.79 Å². The summed E-state index contributed by atoms with van der Waals surface area (Å²) in [5.74, 6) is -0.288. The molecule has 25 heavy (non-hydrogen) atoms. The van der Waals surface area contributed by atoms with E-state index in [1.807, 2.05) is 6.92 Å². The molecular formula is C20H28O5. The number of carbonyl (C=O) groups excluding carboxylic acids is 1. The summed E-state index contributed by atoms with van der Waals surface area (Å²) >= 11 is 0. The Morgan fingerprint density at radius 2 is 1.88 bits per heavy atom. The van der Waals surface area contributed by atoms with E-state index >= 15 is 0 Å². The highest BCUT2D eigenvalue weighted by molar-refractivity contribution is 5.95. The Kier molecular flexibility index (Phi) is 3.36. The van der Waals surface area contributed by atoms with Crippen molar-refractivity contribution in [1.82, 2.24) is 0 Å². The molecule has 2 saturated carbocycles. The molecule has 2 bridgehead atoms. The average Bonchev–Trinajstić information content (AvgIpc) is 3.05. The topological polar surface area (TPSA) is 98.0 Å². The third kappa shape index (κ3) is 1.71. The Balaban J connectivity index is 1.99. The Bertz CT molecular complexity index is 707. The minimum absolute atomic E-state index is 0.0245. The van der Waals surface area contributed by atoms with Gasteiger partial charge < -0.3 is 20.4 Å². The predicted molar refractivity (Wildman–Crippen MR) is 91.4 cm³/mol. The van der Waals surface area contributed by atoms with Gasteiger partial charge in [-0.2, -0.15) is 0 Å². The van der Waals surface area contributed by atoms with Crippen LogP contribution < -0.4 is 0 Å². The first kappa shape index (κ1) is 17.4. The zero-order chi connectivity index (χ0) is 18.5. The lowest BCUT2D eigenvalue weighted by molar-refractivity contribution is -0.190. The maximum absolute atomic E-state index is 13.7. The summed E-state index contributed by atoms with van der Waals surface area (Å²) in [6, 6.07) is 0. The number of fused-ring (bicyclic) bond motifs is 3. The first-order chi connectivity index (χ1) is 11.5. The van der Waals surface area contributed by atoms with Crippen molar-refractivity contribution in [1.29, 1.82) is 0 Å². The van der Waals surface area contributed by atoms with E-state index in [-0.39, 0.29) is 28.6 Å². The van der Waals surface area contributed by atoms with Gasteiger partial charge in [-0.15, -0.1) is 0 Å². The standard InChI is InChI=1S/C20H28O5/c1-9-7-19-10(2)5-13-14(18(13,3)4)12(17(19)24)6-11(8-21)16(23)20(19,25)15(9)22/h6-7,10,12-16,21-23,25H,5,8H2,1-4H3/t10-,12-,13-,14+,15+,16-,19+,20-/m1/s1. The lowest BCUT2D eigenvalue weighted by Crippen LogP contribution is -2.65. The van der Waals surface area contributed by atoms with Crippen LogP contribution in [0.4, 0.5) is 0 Å². The maximum atomic E-state index is 13.7. The lowest BCUT2D eigenvalue weighted by Gasteiger charge is -2.48. The molecule has 4 aliphatic rings. The van der Waals surface area contributed by atoms with E-state index in [0.717, 1.165) is 6.42 Å². The molecule has 8 atom stereocenters. The van der Waals surface area contributed by atoms with Gasteiger partial charge in [-0.3, -0.25) is 4.79 Å². The number of aliphatic hydroxyl groups excluding tert-OH is 3. The van der Waals surface area contributed by atoms with Gasteiger partial charge in [0.15, 0.2) is 5.78 Å². The fourth-order valence-corrected chi connectivity index (χ4v) is 6.43. The second-order valence-electron chi connectivity index (χ2n) is 9.27. The normalized spacial score (nSPS) is 53.2. The molecule has 0 aliphatic heterocycles. The number of rotatable bonds is 1. The van der Waals surface area contributed by atoms with Gasteiger partial charge in [-0.25, -0.2) is 0 Å². The van der Waals surface area contributed by atoms with Crippen molar-refractivity contribution in [3.8, 4) is 0 Å². The van der Waals surface area contributed by atoms with Gasteiger partial charge in [0.05, 0.1) is 12.0 Å². The summed E-state index contributed by atoms with van der Waals surface area (Å²) in [6.07, 6.45) is 1.34. The molecule has 0 saturated heterocycles. The van der Waals surface area contributed by atoms with Crippen LogP contribution >= 0.6 is 0 Å². The number of aliphatic hydroxyl groups is 4. The number of Topliss-reactive ketones (excluding diaryl/α,β-unsaturated/α-hetero) is 1. The summed E-state index contributed by atoms with van der Waals surface area (Å²) in [4.78, 5) is 13.7. The molecule has 0 aromatic carbocycles. The van der Waals surface area contributed by atoms with Crippen molar-refractivity contribution in [3.05, 3.63) is 23.3 Å². The predicted octanol–water partition coefficient (Wildman–Crippen LogP) is 0.815. The van der Waals surface area contributed by atoms with E-state index in [2.05, 4.69) is 13.8 Å². The van der Waals surface area contributed by atoms with Gasteiger partial charge >= 0.3 is 0 Å². The van der Waals surface area contributed by atoms with Gasteiger partial charge in [-0.05, 0) is 47.7 Å². The molecule has 2 fully saturated rings. The van der Waals surface area contributed by atoms with Gasteiger partial charge in [0, 0.05) is 5.92 Å². The van der Waals surface area contributed by atoms with E-state index < -0.39 is 35.7 Å². The molecule has 0 radical (unpaired) electrons. The van der Waals surface area contributed by atoms with Gasteiger partial charge in [0.2, 0.25) is 0 Å². The van der Waals surface area contributed by atoms with Gasteiger partial charge in [0.25, 0.3) is 0 Å². The second kappa shape index (κ2) is 4.83. The Hall–Kier alpha value is -1.01. The van der Waals surface area contributed by atoms with Gasteiger partial charge in [0.1, 0.15) is 17.8 Å². The Morgan fingerprint density at radius 1 is 1.24 bits per heavy atom. The van der Waals surface area contributed by atoms with Gasteiger partial charge in [-0.1, -0.05) is 32.9 Å².